The Kier molecular flexibility index (Phi) is 5.29. The van der Waals surface area contributed by atoms with Gasteiger partial charge in [-0.1, -0.05) is 36.4 Å². The van der Waals surface area contributed by atoms with E-state index in [1.807, 2.05) is 30.3 Å². The van der Waals surface area contributed by atoms with E-state index in [4.69, 9.17) is 9.47 Å². The topological polar surface area (TPSA) is 38.8 Å². The van der Waals surface area contributed by atoms with E-state index in [1.54, 1.807) is 0 Å². The molecule has 1 aliphatic carbocycles. The lowest BCUT2D eigenvalue weighted by molar-refractivity contribution is -0.150. The van der Waals surface area contributed by atoms with Crippen LogP contribution in [0.5, 0.6) is 0 Å². The van der Waals surface area contributed by atoms with Crippen molar-refractivity contribution in [3.05, 3.63) is 71.3 Å². The van der Waals surface area contributed by atoms with E-state index in [1.165, 1.54) is 12.1 Å². The monoisotopic (exact) mass is 413 g/mol. The summed E-state index contributed by atoms with van der Waals surface area (Å²) in [4.78, 5) is 15.5. The Morgan fingerprint density at radius 2 is 1.90 bits per heavy atom. The number of carbonyl (C=O) groups excluding carboxylic acids is 1. The molecule has 2 bridgehead atoms. The minimum absolute atomic E-state index is 0.174. The van der Waals surface area contributed by atoms with Crippen molar-refractivity contribution < 1.29 is 23.0 Å². The Morgan fingerprint density at radius 3 is 2.60 bits per heavy atom. The predicted octanol–water partition coefficient (Wildman–Crippen LogP) is 4.04. The van der Waals surface area contributed by atoms with Gasteiger partial charge >= 0.3 is 5.97 Å². The maximum atomic E-state index is 14.6. The molecular weight excluding hydrogens is 388 g/mol. The average Bonchev–Trinajstić information content (AvgIpc) is 3.48. The number of halogens is 2. The van der Waals surface area contributed by atoms with E-state index in [9.17, 15) is 13.6 Å². The quantitative estimate of drug-likeness (QED) is 0.694. The number of likely N-dealkylation sites (tertiary alicyclic amines) is 1. The average molecular weight is 413 g/mol. The number of rotatable bonds is 5. The molecule has 2 aliphatic heterocycles. The van der Waals surface area contributed by atoms with E-state index in [-0.39, 0.29) is 30.6 Å². The third-order valence-electron chi connectivity index (χ3n) is 6.84. The minimum atomic E-state index is -0.608. The third-order valence-corrected chi connectivity index (χ3v) is 6.84. The van der Waals surface area contributed by atoms with E-state index < -0.39 is 17.6 Å². The molecule has 2 heterocycles. The third kappa shape index (κ3) is 3.74. The molecule has 2 unspecified atom stereocenters. The van der Waals surface area contributed by atoms with E-state index in [2.05, 4.69) is 4.90 Å². The summed E-state index contributed by atoms with van der Waals surface area (Å²) in [5.74, 6) is -2.27. The van der Waals surface area contributed by atoms with Gasteiger partial charge in [0, 0.05) is 30.6 Å². The minimum Gasteiger partial charge on any atom is -0.461 e. The van der Waals surface area contributed by atoms with Crippen LogP contribution in [-0.2, 0) is 20.9 Å². The zero-order chi connectivity index (χ0) is 20.7. The number of nitrogens with zero attached hydrogens (tertiary/aromatic N) is 1. The summed E-state index contributed by atoms with van der Waals surface area (Å²) in [6.07, 6.45) is 2.57. The van der Waals surface area contributed by atoms with E-state index >= 15 is 0 Å². The van der Waals surface area contributed by atoms with Crippen LogP contribution < -0.4 is 0 Å². The summed E-state index contributed by atoms with van der Waals surface area (Å²) < 4.78 is 39.4. The summed E-state index contributed by atoms with van der Waals surface area (Å²) in [5.41, 5.74) is 1.32. The van der Waals surface area contributed by atoms with Crippen LogP contribution in [0.4, 0.5) is 8.78 Å². The Balaban J connectivity index is 1.36. The number of morpholine rings is 1. The highest BCUT2D eigenvalue weighted by atomic mass is 19.1. The molecule has 0 amide bonds. The van der Waals surface area contributed by atoms with Crippen molar-refractivity contribution in [2.24, 2.45) is 5.92 Å². The molecule has 3 fully saturated rings. The predicted molar refractivity (Wildman–Crippen MR) is 107 cm³/mol. The van der Waals surface area contributed by atoms with Gasteiger partial charge < -0.3 is 9.47 Å². The van der Waals surface area contributed by atoms with Crippen LogP contribution >= 0.6 is 0 Å². The van der Waals surface area contributed by atoms with Crippen LogP contribution in [0, 0.1) is 17.6 Å². The second-order valence-corrected chi connectivity index (χ2v) is 8.64. The van der Waals surface area contributed by atoms with Crippen molar-refractivity contribution in [3.8, 4) is 0 Å². The zero-order valence-corrected chi connectivity index (χ0v) is 16.7. The van der Waals surface area contributed by atoms with Crippen LogP contribution in [0.1, 0.15) is 36.3 Å². The Hall–Kier alpha value is -2.31. The highest BCUT2D eigenvalue weighted by Crippen LogP contribution is 2.46. The van der Waals surface area contributed by atoms with Crippen LogP contribution in [-0.4, -0.2) is 42.2 Å². The fourth-order valence-corrected chi connectivity index (χ4v) is 5.40. The number of benzene rings is 2. The summed E-state index contributed by atoms with van der Waals surface area (Å²) in [6, 6.07) is 13.7. The lowest BCUT2D eigenvalue weighted by Crippen LogP contribution is -2.43. The van der Waals surface area contributed by atoms with E-state index in [0.29, 0.717) is 24.4 Å². The molecule has 0 N–H and O–H groups in total. The van der Waals surface area contributed by atoms with Gasteiger partial charge in [-0.2, -0.15) is 0 Å². The number of hydrogen-bond acceptors (Lipinski definition) is 4. The maximum absolute atomic E-state index is 14.6. The lowest BCUT2D eigenvalue weighted by Gasteiger charge is -2.32. The second-order valence-electron chi connectivity index (χ2n) is 8.64. The molecule has 3 aliphatic rings. The van der Waals surface area contributed by atoms with Crippen molar-refractivity contribution in [2.45, 2.75) is 50.0 Å². The SMILES string of the molecule is O=C(OCc1ccccc1)[C@@H]1CC(N2C[C@H]3CC2CO3)C[C@H]1c1ccc(F)cc1F. The zero-order valence-electron chi connectivity index (χ0n) is 16.7. The number of carbonyl (C=O) groups is 1. The van der Waals surface area contributed by atoms with Crippen molar-refractivity contribution in [3.63, 3.8) is 0 Å². The first-order valence-electron chi connectivity index (χ1n) is 10.6. The van der Waals surface area contributed by atoms with Crippen LogP contribution in [0.15, 0.2) is 48.5 Å². The van der Waals surface area contributed by atoms with Crippen molar-refractivity contribution >= 4 is 5.97 Å². The Morgan fingerprint density at radius 1 is 1.07 bits per heavy atom. The highest BCUT2D eigenvalue weighted by Gasteiger charge is 2.49. The molecule has 158 valence electrons. The van der Waals surface area contributed by atoms with Gasteiger partial charge in [0.2, 0.25) is 0 Å². The van der Waals surface area contributed by atoms with Gasteiger partial charge in [-0.25, -0.2) is 8.78 Å². The first kappa shape index (κ1) is 19.6. The highest BCUT2D eigenvalue weighted by molar-refractivity contribution is 5.74. The molecule has 30 heavy (non-hydrogen) atoms. The molecule has 5 atom stereocenters. The maximum Gasteiger partial charge on any atom is 0.309 e. The number of hydrogen-bond donors (Lipinski definition) is 0. The molecule has 5 rings (SSSR count). The van der Waals surface area contributed by atoms with Gasteiger partial charge in [0.25, 0.3) is 0 Å². The fraction of sp³-hybridized carbons (Fsp3) is 0.458. The van der Waals surface area contributed by atoms with Gasteiger partial charge in [0.15, 0.2) is 0 Å². The largest absolute Gasteiger partial charge is 0.461 e. The fourth-order valence-electron chi connectivity index (χ4n) is 5.40. The van der Waals surface area contributed by atoms with Gasteiger partial charge in [0.1, 0.15) is 18.2 Å². The number of ether oxygens (including phenoxy) is 2. The summed E-state index contributed by atoms with van der Waals surface area (Å²) in [6.45, 7) is 1.78. The standard InChI is InChI=1S/C24H25F2NO3/c25-16-6-7-20(23(26)8-16)21-10-17(27-12-19-9-18(27)14-29-19)11-22(21)24(28)30-13-15-4-2-1-3-5-15/h1-8,17-19,21-22H,9-14H2/t17?,18?,19-,21+,22-/m1/s1. The molecule has 2 saturated heterocycles. The van der Waals surface area contributed by atoms with Gasteiger partial charge in [-0.05, 0) is 36.5 Å². The van der Waals surface area contributed by atoms with Crippen LogP contribution in [0.3, 0.4) is 0 Å². The van der Waals surface area contributed by atoms with Gasteiger partial charge in [-0.3, -0.25) is 9.69 Å². The first-order chi connectivity index (χ1) is 14.6. The van der Waals surface area contributed by atoms with Gasteiger partial charge in [-0.15, -0.1) is 0 Å². The number of esters is 1. The molecule has 6 heteroatoms. The van der Waals surface area contributed by atoms with Crippen molar-refractivity contribution in [2.75, 3.05) is 13.2 Å². The molecule has 0 radical (unpaired) electrons. The second kappa shape index (κ2) is 8.08. The normalized spacial score (nSPS) is 30.7. The Bertz CT molecular complexity index is 922. The summed E-state index contributed by atoms with van der Waals surface area (Å²) >= 11 is 0. The van der Waals surface area contributed by atoms with Gasteiger partial charge in [0.05, 0.1) is 18.6 Å². The summed E-state index contributed by atoms with van der Waals surface area (Å²) in [7, 11) is 0. The molecule has 4 nitrogen and oxygen atoms in total. The molecule has 0 spiro atoms. The van der Waals surface area contributed by atoms with Crippen molar-refractivity contribution in [1.29, 1.82) is 0 Å². The first-order valence-corrected chi connectivity index (χ1v) is 10.6. The molecule has 2 aromatic carbocycles. The van der Waals surface area contributed by atoms with Crippen molar-refractivity contribution in [1.82, 2.24) is 4.90 Å². The lowest BCUT2D eigenvalue weighted by atomic mass is 9.88. The molecule has 1 saturated carbocycles. The molecule has 2 aromatic rings. The number of fused-ring (bicyclic) bond motifs is 2. The molecular formula is C24H25F2NO3. The molecule has 0 aromatic heterocycles. The van der Waals surface area contributed by atoms with Crippen LogP contribution in [0.2, 0.25) is 0 Å². The smallest absolute Gasteiger partial charge is 0.309 e. The van der Waals surface area contributed by atoms with Crippen LogP contribution in [0.25, 0.3) is 0 Å². The summed E-state index contributed by atoms with van der Waals surface area (Å²) in [5, 5.41) is 0. The van der Waals surface area contributed by atoms with E-state index in [0.717, 1.165) is 31.2 Å². The Labute approximate surface area is 174 Å².